The fourth-order valence-corrected chi connectivity index (χ4v) is 5.00. The molecule has 0 bridgehead atoms. The Morgan fingerprint density at radius 1 is 1.33 bits per heavy atom. The molecule has 1 aliphatic rings. The molecule has 2 unspecified atom stereocenters. The Morgan fingerprint density at radius 2 is 2.00 bits per heavy atom. The third-order valence-corrected chi connectivity index (χ3v) is 6.12. The second-order valence-corrected chi connectivity index (χ2v) is 7.79. The lowest BCUT2D eigenvalue weighted by Gasteiger charge is -2.31. The second kappa shape index (κ2) is 5.02. The highest BCUT2D eigenvalue weighted by Gasteiger charge is 2.36. The van der Waals surface area contributed by atoms with E-state index >= 15 is 0 Å². The van der Waals surface area contributed by atoms with Gasteiger partial charge in [-0.3, -0.25) is 0 Å². The van der Waals surface area contributed by atoms with Gasteiger partial charge >= 0.3 is 0 Å². The molecule has 0 amide bonds. The van der Waals surface area contributed by atoms with Crippen molar-refractivity contribution in [3.8, 4) is 0 Å². The summed E-state index contributed by atoms with van der Waals surface area (Å²) in [6.07, 6.45) is 1.46. The molecule has 0 saturated heterocycles. The van der Waals surface area contributed by atoms with Gasteiger partial charge in [0.05, 0.1) is 11.0 Å². The van der Waals surface area contributed by atoms with Crippen molar-refractivity contribution in [1.29, 1.82) is 0 Å². The summed E-state index contributed by atoms with van der Waals surface area (Å²) in [5.74, 6) is 0.382. The fourth-order valence-electron chi connectivity index (χ4n) is 2.76. The van der Waals surface area contributed by atoms with E-state index in [1.54, 1.807) is 0 Å². The van der Waals surface area contributed by atoms with Crippen LogP contribution in [0.1, 0.15) is 37.4 Å². The van der Waals surface area contributed by atoms with Gasteiger partial charge in [0.15, 0.2) is 9.84 Å². The second-order valence-electron chi connectivity index (χ2n) is 5.53. The maximum absolute atomic E-state index is 12.3. The van der Waals surface area contributed by atoms with Crippen molar-refractivity contribution in [2.24, 2.45) is 11.7 Å². The minimum atomic E-state index is -3.10. The Balaban J connectivity index is 2.29. The van der Waals surface area contributed by atoms with Crippen LogP contribution in [0.4, 0.5) is 0 Å². The van der Waals surface area contributed by atoms with Gasteiger partial charge in [0, 0.05) is 6.04 Å². The molecule has 1 aromatic carbocycles. The zero-order valence-electron chi connectivity index (χ0n) is 11.0. The van der Waals surface area contributed by atoms with Gasteiger partial charge in [0.25, 0.3) is 0 Å². The molecule has 3 nitrogen and oxygen atoms in total. The zero-order chi connectivity index (χ0) is 13.3. The molecule has 2 rings (SSSR count). The van der Waals surface area contributed by atoms with Crippen LogP contribution >= 0.6 is 0 Å². The molecule has 0 fully saturated rings. The highest BCUT2D eigenvalue weighted by molar-refractivity contribution is 7.92. The van der Waals surface area contributed by atoms with Crippen molar-refractivity contribution in [2.45, 2.75) is 38.0 Å². The first-order valence-electron chi connectivity index (χ1n) is 6.47. The highest BCUT2D eigenvalue weighted by atomic mass is 32.2. The minimum Gasteiger partial charge on any atom is -0.323 e. The van der Waals surface area contributed by atoms with E-state index in [1.165, 1.54) is 5.56 Å². The molecule has 0 saturated carbocycles. The molecule has 0 spiro atoms. The first-order chi connectivity index (χ1) is 8.42. The first-order valence-corrected chi connectivity index (χ1v) is 8.18. The van der Waals surface area contributed by atoms with Crippen LogP contribution in [0.15, 0.2) is 24.3 Å². The largest absolute Gasteiger partial charge is 0.323 e. The van der Waals surface area contributed by atoms with Gasteiger partial charge in [-0.25, -0.2) is 8.42 Å². The van der Waals surface area contributed by atoms with Crippen LogP contribution in [0.2, 0.25) is 0 Å². The van der Waals surface area contributed by atoms with E-state index in [1.807, 2.05) is 38.1 Å². The summed E-state index contributed by atoms with van der Waals surface area (Å²) in [5, 5.41) is -0.421. The Labute approximate surface area is 109 Å². The molecule has 0 aliphatic heterocycles. The average molecular weight is 267 g/mol. The Morgan fingerprint density at radius 3 is 2.67 bits per heavy atom. The molecule has 1 aliphatic carbocycles. The van der Waals surface area contributed by atoms with Crippen LogP contribution in [0.3, 0.4) is 0 Å². The van der Waals surface area contributed by atoms with Crippen molar-refractivity contribution in [1.82, 2.24) is 0 Å². The molecular weight excluding hydrogens is 246 g/mol. The van der Waals surface area contributed by atoms with Crippen molar-refractivity contribution < 1.29 is 8.42 Å². The molecule has 100 valence electrons. The molecular formula is C14H21NO2S. The van der Waals surface area contributed by atoms with E-state index in [0.29, 0.717) is 6.42 Å². The molecule has 18 heavy (non-hydrogen) atoms. The van der Waals surface area contributed by atoms with Crippen molar-refractivity contribution in [3.63, 3.8) is 0 Å². The maximum Gasteiger partial charge on any atom is 0.155 e. The lowest BCUT2D eigenvalue weighted by atomic mass is 9.88. The summed E-state index contributed by atoms with van der Waals surface area (Å²) >= 11 is 0. The normalized spacial score (nSPS) is 24.0. The Bertz CT molecular complexity index is 522. The number of fused-ring (bicyclic) bond motifs is 1. The van der Waals surface area contributed by atoms with E-state index in [0.717, 1.165) is 12.0 Å². The van der Waals surface area contributed by atoms with Gasteiger partial charge in [-0.2, -0.15) is 0 Å². The van der Waals surface area contributed by atoms with Crippen LogP contribution in [-0.4, -0.2) is 19.4 Å². The number of rotatable bonds is 3. The van der Waals surface area contributed by atoms with Gasteiger partial charge in [-0.05, 0) is 29.9 Å². The van der Waals surface area contributed by atoms with Gasteiger partial charge in [-0.1, -0.05) is 38.1 Å². The smallest absolute Gasteiger partial charge is 0.155 e. The van der Waals surface area contributed by atoms with Crippen LogP contribution < -0.4 is 5.73 Å². The van der Waals surface area contributed by atoms with Gasteiger partial charge in [-0.15, -0.1) is 0 Å². The lowest BCUT2D eigenvalue weighted by Crippen LogP contribution is -2.39. The molecule has 1 aromatic rings. The van der Waals surface area contributed by atoms with Crippen LogP contribution in [0, 0.1) is 5.92 Å². The van der Waals surface area contributed by atoms with Gasteiger partial charge in [0.1, 0.15) is 0 Å². The fraction of sp³-hybridized carbons (Fsp3) is 0.571. The van der Waals surface area contributed by atoms with Crippen LogP contribution in [0.5, 0.6) is 0 Å². The molecule has 0 aromatic heterocycles. The van der Waals surface area contributed by atoms with Gasteiger partial charge < -0.3 is 5.73 Å². The molecule has 2 N–H and O–H groups in total. The molecule has 0 heterocycles. The summed E-state index contributed by atoms with van der Waals surface area (Å²) in [5.41, 5.74) is 8.37. The molecule has 2 atom stereocenters. The van der Waals surface area contributed by atoms with E-state index in [-0.39, 0.29) is 17.7 Å². The average Bonchev–Trinajstić information content (AvgIpc) is 2.27. The summed E-state index contributed by atoms with van der Waals surface area (Å²) in [6, 6.07) is 7.53. The number of hydrogen-bond donors (Lipinski definition) is 1. The van der Waals surface area contributed by atoms with Crippen LogP contribution in [-0.2, 0) is 16.3 Å². The third kappa shape index (κ3) is 2.59. The quantitative estimate of drug-likeness (QED) is 0.912. The maximum atomic E-state index is 12.3. The van der Waals surface area contributed by atoms with Crippen molar-refractivity contribution >= 4 is 9.84 Å². The topological polar surface area (TPSA) is 60.2 Å². The highest BCUT2D eigenvalue weighted by Crippen LogP contribution is 2.33. The SMILES string of the molecule is CC(C)CS(=O)(=O)C1CCc2ccccc2C1N. The summed E-state index contributed by atoms with van der Waals surface area (Å²) in [7, 11) is -3.10. The number of hydrogen-bond acceptors (Lipinski definition) is 3. The van der Waals surface area contributed by atoms with E-state index in [4.69, 9.17) is 5.73 Å². The number of nitrogens with two attached hydrogens (primary N) is 1. The predicted octanol–water partition coefficient (Wildman–Crippen LogP) is 2.07. The Kier molecular flexibility index (Phi) is 3.78. The number of aryl methyl sites for hydroxylation is 1. The van der Waals surface area contributed by atoms with Crippen molar-refractivity contribution in [3.05, 3.63) is 35.4 Å². The lowest BCUT2D eigenvalue weighted by molar-refractivity contribution is 0.514. The Hall–Kier alpha value is -0.870. The number of benzene rings is 1. The third-order valence-electron chi connectivity index (χ3n) is 3.54. The summed E-state index contributed by atoms with van der Waals surface area (Å²) < 4.78 is 24.7. The monoisotopic (exact) mass is 267 g/mol. The van der Waals surface area contributed by atoms with E-state index in [2.05, 4.69) is 0 Å². The number of sulfone groups is 1. The van der Waals surface area contributed by atoms with Crippen molar-refractivity contribution in [2.75, 3.05) is 5.75 Å². The molecule has 4 heteroatoms. The van der Waals surface area contributed by atoms with Gasteiger partial charge in [0.2, 0.25) is 0 Å². The summed E-state index contributed by atoms with van der Waals surface area (Å²) in [4.78, 5) is 0. The summed E-state index contributed by atoms with van der Waals surface area (Å²) in [6.45, 7) is 3.86. The molecule has 0 radical (unpaired) electrons. The minimum absolute atomic E-state index is 0.152. The van der Waals surface area contributed by atoms with Crippen LogP contribution in [0.25, 0.3) is 0 Å². The van der Waals surface area contributed by atoms with E-state index < -0.39 is 15.1 Å². The first kappa shape index (κ1) is 13.6. The zero-order valence-corrected chi connectivity index (χ0v) is 11.8. The predicted molar refractivity (Wildman–Crippen MR) is 74.1 cm³/mol. The van der Waals surface area contributed by atoms with E-state index in [9.17, 15) is 8.42 Å². The standard InChI is InChI=1S/C14H21NO2S/c1-10(2)9-18(16,17)13-8-7-11-5-3-4-6-12(11)14(13)15/h3-6,10,13-14H,7-9,15H2,1-2H3.